The summed E-state index contributed by atoms with van der Waals surface area (Å²) in [6.45, 7) is 1.86. The van der Waals surface area contributed by atoms with Crippen molar-refractivity contribution in [2.24, 2.45) is 7.05 Å². The molecule has 0 radical (unpaired) electrons. The summed E-state index contributed by atoms with van der Waals surface area (Å²) in [6.07, 6.45) is 2.61. The number of aliphatic carboxylic acids is 1. The Morgan fingerprint density at radius 1 is 1.75 bits per heavy atom. The summed E-state index contributed by atoms with van der Waals surface area (Å²) >= 11 is 0. The number of hydrogen-bond acceptors (Lipinski definition) is 2. The van der Waals surface area contributed by atoms with Gasteiger partial charge in [0.15, 0.2) is 0 Å². The topological polar surface area (TPSA) is 55.1 Å². The summed E-state index contributed by atoms with van der Waals surface area (Å²) in [6, 6.07) is 1.82. The zero-order valence-electron chi connectivity index (χ0n) is 6.98. The van der Waals surface area contributed by atoms with Crippen molar-refractivity contribution in [2.75, 3.05) is 0 Å². The van der Waals surface area contributed by atoms with E-state index in [0.717, 1.165) is 17.5 Å². The Labute approximate surface area is 70.1 Å². The fourth-order valence-electron chi connectivity index (χ4n) is 0.943. The van der Waals surface area contributed by atoms with Crippen LogP contribution in [0.2, 0.25) is 0 Å². The van der Waals surface area contributed by atoms with Gasteiger partial charge in [0, 0.05) is 13.1 Å². The first-order valence-electron chi connectivity index (χ1n) is 3.51. The van der Waals surface area contributed by atoms with Crippen molar-refractivity contribution in [3.63, 3.8) is 0 Å². The SMILES string of the molecule is Cc1cc(C=CC(=O)O)n(C)n1. The van der Waals surface area contributed by atoms with E-state index in [2.05, 4.69) is 5.10 Å². The number of carbonyl (C=O) groups is 1. The molecular formula is C8H10N2O2. The lowest BCUT2D eigenvalue weighted by molar-refractivity contribution is -0.131. The van der Waals surface area contributed by atoms with Gasteiger partial charge in [-0.2, -0.15) is 5.10 Å². The standard InChI is InChI=1S/C8H10N2O2/c1-6-5-7(10(2)9-6)3-4-8(11)12/h3-5H,1-2H3,(H,11,12). The Bertz CT molecular complexity index is 326. The van der Waals surface area contributed by atoms with Crippen LogP contribution in [-0.4, -0.2) is 20.9 Å². The van der Waals surface area contributed by atoms with E-state index < -0.39 is 5.97 Å². The zero-order valence-corrected chi connectivity index (χ0v) is 6.98. The van der Waals surface area contributed by atoms with Crippen LogP contribution in [0, 0.1) is 6.92 Å². The van der Waals surface area contributed by atoms with Gasteiger partial charge in [-0.15, -0.1) is 0 Å². The molecule has 0 bridgehead atoms. The third kappa shape index (κ3) is 1.95. The molecule has 64 valence electrons. The van der Waals surface area contributed by atoms with Gasteiger partial charge in [0.2, 0.25) is 0 Å². The minimum atomic E-state index is -0.950. The fourth-order valence-corrected chi connectivity index (χ4v) is 0.943. The van der Waals surface area contributed by atoms with E-state index in [0.29, 0.717) is 0 Å². The highest BCUT2D eigenvalue weighted by molar-refractivity contribution is 5.84. The number of carboxylic acids is 1. The molecule has 0 aliphatic heterocycles. The van der Waals surface area contributed by atoms with E-state index in [1.54, 1.807) is 11.7 Å². The summed E-state index contributed by atoms with van der Waals surface area (Å²) < 4.78 is 1.63. The van der Waals surface area contributed by atoms with E-state index in [1.165, 1.54) is 6.08 Å². The molecule has 1 N–H and O–H groups in total. The second-order valence-corrected chi connectivity index (χ2v) is 2.51. The molecule has 1 heterocycles. The van der Waals surface area contributed by atoms with Crippen molar-refractivity contribution in [3.8, 4) is 0 Å². The van der Waals surface area contributed by atoms with Gasteiger partial charge in [-0.05, 0) is 19.1 Å². The molecule has 4 nitrogen and oxygen atoms in total. The molecule has 0 aliphatic rings. The van der Waals surface area contributed by atoms with Crippen LogP contribution < -0.4 is 0 Å². The predicted molar refractivity (Wildman–Crippen MR) is 44.6 cm³/mol. The highest BCUT2D eigenvalue weighted by Gasteiger charge is 1.97. The Balaban J connectivity index is 2.89. The molecule has 1 aromatic rings. The number of aromatic nitrogens is 2. The monoisotopic (exact) mass is 166 g/mol. The molecule has 4 heteroatoms. The molecule has 0 atom stereocenters. The van der Waals surface area contributed by atoms with Crippen molar-refractivity contribution in [2.45, 2.75) is 6.92 Å². The Hall–Kier alpha value is -1.58. The van der Waals surface area contributed by atoms with Gasteiger partial charge >= 0.3 is 5.97 Å². The van der Waals surface area contributed by atoms with Crippen LogP contribution in [0.15, 0.2) is 12.1 Å². The van der Waals surface area contributed by atoms with E-state index in [1.807, 2.05) is 13.0 Å². The van der Waals surface area contributed by atoms with Gasteiger partial charge < -0.3 is 5.11 Å². The third-order valence-electron chi connectivity index (χ3n) is 1.43. The summed E-state index contributed by atoms with van der Waals surface area (Å²) in [7, 11) is 1.77. The molecule has 12 heavy (non-hydrogen) atoms. The molecule has 0 unspecified atom stereocenters. The second-order valence-electron chi connectivity index (χ2n) is 2.51. The number of nitrogens with zero attached hydrogens (tertiary/aromatic N) is 2. The molecule has 1 rings (SSSR count). The minimum absolute atomic E-state index is 0.787. The van der Waals surface area contributed by atoms with E-state index >= 15 is 0 Å². The van der Waals surface area contributed by atoms with E-state index in [-0.39, 0.29) is 0 Å². The summed E-state index contributed by atoms with van der Waals surface area (Å²) in [5.74, 6) is -0.950. The van der Waals surface area contributed by atoms with Crippen LogP contribution >= 0.6 is 0 Å². The first kappa shape index (κ1) is 8.52. The van der Waals surface area contributed by atoms with Crippen molar-refractivity contribution in [1.29, 1.82) is 0 Å². The van der Waals surface area contributed by atoms with Crippen LogP contribution in [0.5, 0.6) is 0 Å². The number of hydrogen-bond donors (Lipinski definition) is 1. The quantitative estimate of drug-likeness (QED) is 0.662. The highest BCUT2D eigenvalue weighted by atomic mass is 16.4. The van der Waals surface area contributed by atoms with Crippen molar-refractivity contribution in [3.05, 3.63) is 23.5 Å². The Morgan fingerprint density at radius 3 is 2.83 bits per heavy atom. The van der Waals surface area contributed by atoms with Gasteiger partial charge in [-0.25, -0.2) is 4.79 Å². The second kappa shape index (κ2) is 3.21. The molecule has 0 saturated carbocycles. The molecule has 0 fully saturated rings. The maximum absolute atomic E-state index is 10.2. The van der Waals surface area contributed by atoms with Gasteiger partial charge in [0.05, 0.1) is 11.4 Å². The predicted octanol–water partition coefficient (Wildman–Crippen LogP) is 0.826. The lowest BCUT2D eigenvalue weighted by atomic mass is 10.3. The average molecular weight is 166 g/mol. The normalized spacial score (nSPS) is 10.8. The third-order valence-corrected chi connectivity index (χ3v) is 1.43. The average Bonchev–Trinajstić information content (AvgIpc) is 2.26. The lowest BCUT2D eigenvalue weighted by Gasteiger charge is -1.91. The van der Waals surface area contributed by atoms with Crippen molar-refractivity contribution in [1.82, 2.24) is 9.78 Å². The van der Waals surface area contributed by atoms with Gasteiger partial charge in [0.25, 0.3) is 0 Å². The van der Waals surface area contributed by atoms with E-state index in [4.69, 9.17) is 5.11 Å². The first-order chi connectivity index (χ1) is 5.59. The Kier molecular flexibility index (Phi) is 2.28. The van der Waals surface area contributed by atoms with Gasteiger partial charge in [-0.1, -0.05) is 0 Å². The van der Waals surface area contributed by atoms with Crippen LogP contribution in [-0.2, 0) is 11.8 Å². The molecular weight excluding hydrogens is 156 g/mol. The van der Waals surface area contributed by atoms with Crippen molar-refractivity contribution >= 4 is 12.0 Å². The fraction of sp³-hybridized carbons (Fsp3) is 0.250. The Morgan fingerprint density at radius 2 is 2.42 bits per heavy atom. The van der Waals surface area contributed by atoms with Crippen LogP contribution in [0.25, 0.3) is 6.08 Å². The van der Waals surface area contributed by atoms with Crippen LogP contribution in [0.1, 0.15) is 11.4 Å². The molecule has 1 aromatic heterocycles. The van der Waals surface area contributed by atoms with Gasteiger partial charge in [-0.3, -0.25) is 4.68 Å². The maximum atomic E-state index is 10.2. The largest absolute Gasteiger partial charge is 0.478 e. The number of carboxylic acid groups (broad SMARTS) is 1. The zero-order chi connectivity index (χ0) is 9.14. The molecule has 0 saturated heterocycles. The minimum Gasteiger partial charge on any atom is -0.478 e. The number of aryl methyl sites for hydroxylation is 2. The molecule has 0 aliphatic carbocycles. The smallest absolute Gasteiger partial charge is 0.328 e. The summed E-state index contributed by atoms with van der Waals surface area (Å²) in [5, 5.41) is 12.4. The van der Waals surface area contributed by atoms with Gasteiger partial charge in [0.1, 0.15) is 0 Å². The first-order valence-corrected chi connectivity index (χ1v) is 3.51. The highest BCUT2D eigenvalue weighted by Crippen LogP contribution is 2.03. The van der Waals surface area contributed by atoms with Crippen LogP contribution in [0.4, 0.5) is 0 Å². The van der Waals surface area contributed by atoms with E-state index in [9.17, 15) is 4.79 Å². The molecule has 0 aromatic carbocycles. The lowest BCUT2D eigenvalue weighted by Crippen LogP contribution is -1.93. The number of rotatable bonds is 2. The van der Waals surface area contributed by atoms with Crippen LogP contribution in [0.3, 0.4) is 0 Å². The molecule has 0 spiro atoms. The summed E-state index contributed by atoms with van der Waals surface area (Å²) in [4.78, 5) is 10.2. The maximum Gasteiger partial charge on any atom is 0.328 e. The summed E-state index contributed by atoms with van der Waals surface area (Å²) in [5.41, 5.74) is 1.66. The van der Waals surface area contributed by atoms with Crippen molar-refractivity contribution < 1.29 is 9.90 Å². The molecule has 0 amide bonds.